The topological polar surface area (TPSA) is 111 Å². The Kier molecular flexibility index (Phi) is 9.04. The van der Waals surface area contributed by atoms with Gasteiger partial charge in [-0.05, 0) is 63.1 Å². The summed E-state index contributed by atoms with van der Waals surface area (Å²) in [4.78, 5) is 11.9. The highest BCUT2D eigenvalue weighted by atomic mass is 16.3. The normalized spacial score (nSPS) is 14.0. The molecule has 1 aliphatic heterocycles. The molecule has 0 saturated heterocycles. The van der Waals surface area contributed by atoms with Crippen molar-refractivity contribution >= 4 is 34.8 Å². The van der Waals surface area contributed by atoms with Crippen molar-refractivity contribution in [2.45, 2.75) is 44.9 Å². The zero-order chi connectivity index (χ0) is 27.8. The van der Waals surface area contributed by atoms with Crippen molar-refractivity contribution in [2.75, 3.05) is 25.0 Å². The van der Waals surface area contributed by atoms with E-state index in [9.17, 15) is 15.0 Å². The summed E-state index contributed by atoms with van der Waals surface area (Å²) >= 11 is 0. The van der Waals surface area contributed by atoms with Gasteiger partial charge in [0, 0.05) is 60.6 Å². The number of benzene rings is 3. The lowest BCUT2D eigenvalue weighted by Crippen LogP contribution is -2.28. The third-order valence-electron chi connectivity index (χ3n) is 7.17. The fourth-order valence-corrected chi connectivity index (χ4v) is 5.07. The van der Waals surface area contributed by atoms with Gasteiger partial charge in [-0.15, -0.1) is 0 Å². The lowest BCUT2D eigenvalue weighted by atomic mass is 9.81. The van der Waals surface area contributed by atoms with Crippen LogP contribution in [0.1, 0.15) is 50.7 Å². The fourth-order valence-electron chi connectivity index (χ4n) is 5.07. The summed E-state index contributed by atoms with van der Waals surface area (Å²) in [7, 11) is 0. The molecule has 1 amide bonds. The number of carbonyl (C=O) groups is 1. The summed E-state index contributed by atoms with van der Waals surface area (Å²) in [5.74, 6) is -0.218. The fraction of sp³-hybridized carbons (Fsp3) is 0.312. The number of unbranched alkanes of at least 4 members (excludes halogenated alkanes) is 2. The molecule has 7 heteroatoms. The number of amides is 1. The quantitative estimate of drug-likeness (QED) is 0.120. The molecule has 0 unspecified atom stereocenters. The molecular formula is C32H39N4O3+. The van der Waals surface area contributed by atoms with Crippen molar-refractivity contribution < 1.29 is 19.6 Å². The van der Waals surface area contributed by atoms with Crippen LogP contribution in [0.15, 0.2) is 72.8 Å². The maximum absolute atomic E-state index is 11.9. The summed E-state index contributed by atoms with van der Waals surface area (Å²) < 4.78 is 2.34. The van der Waals surface area contributed by atoms with Crippen molar-refractivity contribution in [2.24, 2.45) is 5.73 Å². The Balaban J connectivity index is 1.59. The first-order valence-corrected chi connectivity index (χ1v) is 13.6. The molecule has 1 aliphatic rings. The van der Waals surface area contributed by atoms with Crippen LogP contribution < -0.4 is 16.4 Å². The molecule has 0 aliphatic carbocycles. The van der Waals surface area contributed by atoms with Crippen LogP contribution in [0.25, 0.3) is 6.08 Å². The highest BCUT2D eigenvalue weighted by molar-refractivity contribution is 6.05. The van der Waals surface area contributed by atoms with Crippen LogP contribution in [0.3, 0.4) is 0 Å². The maximum Gasteiger partial charge on any atom is 0.220 e. The number of carbonyl (C=O) groups excluding carboxylic acids is 1. The number of hydrogen-bond acceptors (Lipinski definition) is 5. The first kappa shape index (κ1) is 27.9. The summed E-state index contributed by atoms with van der Waals surface area (Å²) in [6.45, 7) is 6.19. The number of nitrogens with zero attached hydrogens (tertiary/aromatic N) is 1. The van der Waals surface area contributed by atoms with Crippen LogP contribution >= 0.6 is 0 Å². The number of nitrogens with two attached hydrogens (primary N) is 1. The van der Waals surface area contributed by atoms with Gasteiger partial charge >= 0.3 is 0 Å². The average Bonchev–Trinajstić information content (AvgIpc) is 3.13. The second kappa shape index (κ2) is 12.6. The van der Waals surface area contributed by atoms with E-state index in [0.717, 1.165) is 48.6 Å². The Morgan fingerprint density at radius 2 is 1.74 bits per heavy atom. The van der Waals surface area contributed by atoms with Crippen LogP contribution in [0.4, 0.5) is 17.1 Å². The number of para-hydroxylation sites is 2. The van der Waals surface area contributed by atoms with Gasteiger partial charge in [0.05, 0.1) is 5.41 Å². The molecule has 0 radical (unpaired) electrons. The zero-order valence-electron chi connectivity index (χ0n) is 22.8. The van der Waals surface area contributed by atoms with Gasteiger partial charge in [0.25, 0.3) is 0 Å². The van der Waals surface area contributed by atoms with E-state index in [1.54, 1.807) is 12.1 Å². The number of phenolic OH excluding ortho intramolecular Hbond substituents is 2. The van der Waals surface area contributed by atoms with E-state index in [0.29, 0.717) is 25.1 Å². The zero-order valence-corrected chi connectivity index (χ0v) is 22.8. The second-order valence-electron chi connectivity index (χ2n) is 10.4. The van der Waals surface area contributed by atoms with E-state index >= 15 is 0 Å². The van der Waals surface area contributed by atoms with E-state index in [1.165, 1.54) is 11.6 Å². The number of rotatable bonds is 12. The minimum absolute atomic E-state index is 0.0488. The van der Waals surface area contributed by atoms with Crippen LogP contribution in [-0.4, -0.2) is 46.0 Å². The highest BCUT2D eigenvalue weighted by Gasteiger charge is 2.44. The van der Waals surface area contributed by atoms with Crippen molar-refractivity contribution in [3.05, 3.63) is 83.9 Å². The van der Waals surface area contributed by atoms with Gasteiger partial charge in [-0.1, -0.05) is 30.3 Å². The monoisotopic (exact) mass is 527 g/mol. The van der Waals surface area contributed by atoms with Gasteiger partial charge in [0.2, 0.25) is 11.6 Å². The van der Waals surface area contributed by atoms with Crippen molar-refractivity contribution in [1.82, 2.24) is 5.32 Å². The average molecular weight is 528 g/mol. The van der Waals surface area contributed by atoms with Crippen LogP contribution in [0.2, 0.25) is 0 Å². The molecule has 204 valence electrons. The second-order valence-corrected chi connectivity index (χ2v) is 10.4. The number of fused-ring (bicyclic) bond motifs is 1. The van der Waals surface area contributed by atoms with Gasteiger partial charge in [-0.25, -0.2) is 0 Å². The number of nitrogens with one attached hydrogen (secondary N) is 2. The van der Waals surface area contributed by atoms with Gasteiger partial charge in [0.1, 0.15) is 6.54 Å². The SMILES string of the molecule is CC1(C)C(/C=C/c2cccc(O)c2O)=[N+](CCCCCC(=O)NCCN)c2ccc(Nc3ccccc3)cc21. The van der Waals surface area contributed by atoms with Crippen molar-refractivity contribution in [1.29, 1.82) is 0 Å². The maximum atomic E-state index is 11.9. The van der Waals surface area contributed by atoms with E-state index in [1.807, 2.05) is 42.5 Å². The lowest BCUT2D eigenvalue weighted by Gasteiger charge is -2.17. The molecule has 3 aromatic rings. The summed E-state index contributed by atoms with van der Waals surface area (Å²) in [6.07, 6.45) is 7.08. The minimum atomic E-state index is -0.297. The summed E-state index contributed by atoms with van der Waals surface area (Å²) in [5.41, 5.74) is 11.3. The minimum Gasteiger partial charge on any atom is -0.504 e. The Bertz CT molecular complexity index is 1360. The first-order chi connectivity index (χ1) is 18.8. The van der Waals surface area contributed by atoms with Crippen molar-refractivity contribution in [3.8, 4) is 11.5 Å². The summed E-state index contributed by atoms with van der Waals surface area (Å²) in [5, 5.41) is 26.6. The predicted octanol–water partition coefficient (Wildman–Crippen LogP) is 5.57. The van der Waals surface area contributed by atoms with Gasteiger partial charge in [0.15, 0.2) is 17.2 Å². The number of phenols is 2. The van der Waals surface area contributed by atoms with Crippen LogP contribution in [-0.2, 0) is 10.2 Å². The number of allylic oxidation sites excluding steroid dienone is 1. The lowest BCUT2D eigenvalue weighted by molar-refractivity contribution is -0.438. The van der Waals surface area contributed by atoms with Crippen LogP contribution in [0.5, 0.6) is 11.5 Å². The predicted molar refractivity (Wildman–Crippen MR) is 158 cm³/mol. The molecule has 6 N–H and O–H groups in total. The van der Waals surface area contributed by atoms with E-state index < -0.39 is 0 Å². The number of anilines is 2. The Labute approximate surface area is 230 Å². The van der Waals surface area contributed by atoms with E-state index in [2.05, 4.69) is 47.3 Å². The molecule has 7 nitrogen and oxygen atoms in total. The molecular weight excluding hydrogens is 488 g/mol. The molecule has 3 aromatic carbocycles. The summed E-state index contributed by atoms with van der Waals surface area (Å²) in [6, 6.07) is 21.6. The van der Waals surface area contributed by atoms with Crippen LogP contribution in [0, 0.1) is 0 Å². The number of aromatic hydroxyl groups is 2. The molecule has 0 aromatic heterocycles. The molecule has 0 spiro atoms. The molecule has 0 saturated carbocycles. The molecule has 4 rings (SSSR count). The smallest absolute Gasteiger partial charge is 0.220 e. The largest absolute Gasteiger partial charge is 0.504 e. The Morgan fingerprint density at radius 1 is 0.949 bits per heavy atom. The molecule has 39 heavy (non-hydrogen) atoms. The van der Waals surface area contributed by atoms with Gasteiger partial charge in [-0.3, -0.25) is 4.79 Å². The van der Waals surface area contributed by atoms with E-state index in [-0.39, 0.29) is 22.8 Å². The molecule has 0 atom stereocenters. The van der Waals surface area contributed by atoms with Crippen molar-refractivity contribution in [3.63, 3.8) is 0 Å². The molecule has 0 fully saturated rings. The van der Waals surface area contributed by atoms with E-state index in [4.69, 9.17) is 5.73 Å². The molecule has 1 heterocycles. The Morgan fingerprint density at radius 3 is 2.51 bits per heavy atom. The molecule has 0 bridgehead atoms. The first-order valence-electron chi connectivity index (χ1n) is 13.6. The van der Waals surface area contributed by atoms with Gasteiger partial charge in [-0.2, -0.15) is 4.58 Å². The third-order valence-corrected chi connectivity index (χ3v) is 7.17. The third kappa shape index (κ3) is 6.67. The Hall–Kier alpha value is -4.10. The standard InChI is InChI=1S/C32H38N4O3/c1-32(2)26-22-25(35-24-11-5-3-6-12-24)16-17-27(26)36(21-8-4-7-14-30(38)34-20-19-33)29(32)18-15-23-10-9-13-28(37)31(23)39/h3,5-6,9-13,15-18,22,35H,4,7-8,14,19-21,33H2,1-2H3,(H2,34,37,38)/p+1. The highest BCUT2D eigenvalue weighted by Crippen LogP contribution is 2.42. The van der Waals surface area contributed by atoms with Gasteiger partial charge < -0.3 is 26.6 Å². The number of hydrogen-bond donors (Lipinski definition) is 5.